The van der Waals surface area contributed by atoms with E-state index in [1.807, 2.05) is 55.5 Å². The standard InChI is InChI=1S/C22H17ClN4O/c1-13-5-7-14(8-6-13)21(28)25-17-4-2-3-15(11-17)20-18-12-16(23)9-10-19(18)26-22(24)27-20/h2-12H,1H3,(H,25,28)(H2,24,26,27). The van der Waals surface area contributed by atoms with Gasteiger partial charge >= 0.3 is 0 Å². The lowest BCUT2D eigenvalue weighted by Gasteiger charge is -2.10. The van der Waals surface area contributed by atoms with E-state index in [-0.39, 0.29) is 11.9 Å². The van der Waals surface area contributed by atoms with E-state index in [2.05, 4.69) is 15.3 Å². The molecule has 0 unspecified atom stereocenters. The minimum absolute atomic E-state index is 0.174. The number of rotatable bonds is 3. The number of nitrogens with one attached hydrogen (secondary N) is 1. The highest BCUT2D eigenvalue weighted by molar-refractivity contribution is 6.31. The zero-order valence-corrected chi connectivity index (χ0v) is 15.9. The second-order valence-electron chi connectivity index (χ2n) is 6.49. The van der Waals surface area contributed by atoms with E-state index in [1.165, 1.54) is 0 Å². The lowest BCUT2D eigenvalue weighted by Crippen LogP contribution is -2.11. The molecule has 0 spiro atoms. The predicted molar refractivity (Wildman–Crippen MR) is 114 cm³/mol. The van der Waals surface area contributed by atoms with Gasteiger partial charge in [0, 0.05) is 27.2 Å². The van der Waals surface area contributed by atoms with Crippen LogP contribution in [0.3, 0.4) is 0 Å². The van der Waals surface area contributed by atoms with Crippen molar-refractivity contribution in [3.63, 3.8) is 0 Å². The maximum Gasteiger partial charge on any atom is 0.255 e. The Hall–Kier alpha value is -3.44. The molecular weight excluding hydrogens is 372 g/mol. The fraction of sp³-hybridized carbons (Fsp3) is 0.0455. The van der Waals surface area contributed by atoms with Gasteiger partial charge in [0.1, 0.15) is 0 Å². The van der Waals surface area contributed by atoms with Crippen LogP contribution in [-0.4, -0.2) is 15.9 Å². The van der Waals surface area contributed by atoms with Crippen LogP contribution in [0.1, 0.15) is 15.9 Å². The molecule has 3 N–H and O–H groups in total. The molecule has 4 aromatic rings. The first kappa shape index (κ1) is 17.9. The number of nitrogen functional groups attached to an aromatic ring is 1. The Labute approximate surface area is 167 Å². The topological polar surface area (TPSA) is 80.9 Å². The van der Waals surface area contributed by atoms with Crippen LogP contribution >= 0.6 is 11.6 Å². The molecule has 4 rings (SSSR count). The van der Waals surface area contributed by atoms with Crippen molar-refractivity contribution in [2.45, 2.75) is 6.92 Å². The van der Waals surface area contributed by atoms with Crippen molar-refractivity contribution in [3.8, 4) is 11.3 Å². The predicted octanol–water partition coefficient (Wildman–Crippen LogP) is 5.09. The Bertz CT molecular complexity index is 1190. The number of benzene rings is 3. The smallest absolute Gasteiger partial charge is 0.255 e. The lowest BCUT2D eigenvalue weighted by atomic mass is 10.1. The molecule has 1 amide bonds. The SMILES string of the molecule is Cc1ccc(C(=O)Nc2cccc(-c3nc(N)nc4ccc(Cl)cc34)c2)cc1. The zero-order chi connectivity index (χ0) is 19.7. The zero-order valence-electron chi connectivity index (χ0n) is 15.1. The molecule has 0 bridgehead atoms. The summed E-state index contributed by atoms with van der Waals surface area (Å²) in [5, 5.41) is 4.31. The minimum Gasteiger partial charge on any atom is -0.368 e. The molecule has 0 fully saturated rings. The second-order valence-corrected chi connectivity index (χ2v) is 6.93. The fourth-order valence-corrected chi connectivity index (χ4v) is 3.16. The van der Waals surface area contributed by atoms with Crippen LogP contribution < -0.4 is 11.1 Å². The number of halogens is 1. The Morgan fingerprint density at radius 2 is 1.79 bits per heavy atom. The van der Waals surface area contributed by atoms with Crippen LogP contribution in [0.15, 0.2) is 66.7 Å². The van der Waals surface area contributed by atoms with E-state index in [1.54, 1.807) is 18.2 Å². The number of aryl methyl sites for hydroxylation is 1. The molecule has 0 radical (unpaired) electrons. The van der Waals surface area contributed by atoms with E-state index >= 15 is 0 Å². The maximum atomic E-state index is 12.5. The first-order valence-corrected chi connectivity index (χ1v) is 9.08. The van der Waals surface area contributed by atoms with Gasteiger partial charge < -0.3 is 11.1 Å². The maximum absolute atomic E-state index is 12.5. The van der Waals surface area contributed by atoms with Crippen molar-refractivity contribution in [1.29, 1.82) is 0 Å². The Kier molecular flexibility index (Phi) is 4.67. The van der Waals surface area contributed by atoms with Crippen molar-refractivity contribution in [2.24, 2.45) is 0 Å². The summed E-state index contributed by atoms with van der Waals surface area (Å²) >= 11 is 6.15. The molecule has 0 aliphatic heterocycles. The number of amides is 1. The molecular formula is C22H17ClN4O. The van der Waals surface area contributed by atoms with E-state index in [9.17, 15) is 4.79 Å². The van der Waals surface area contributed by atoms with Gasteiger partial charge in [-0.3, -0.25) is 4.79 Å². The number of hydrogen-bond acceptors (Lipinski definition) is 4. The van der Waals surface area contributed by atoms with E-state index in [4.69, 9.17) is 17.3 Å². The van der Waals surface area contributed by atoms with E-state index < -0.39 is 0 Å². The summed E-state index contributed by atoms with van der Waals surface area (Å²) in [7, 11) is 0. The summed E-state index contributed by atoms with van der Waals surface area (Å²) in [5.41, 5.74) is 10.4. The summed E-state index contributed by atoms with van der Waals surface area (Å²) in [6.45, 7) is 1.98. The summed E-state index contributed by atoms with van der Waals surface area (Å²) in [6.07, 6.45) is 0. The van der Waals surface area contributed by atoms with E-state index in [0.717, 1.165) is 16.5 Å². The summed E-state index contributed by atoms with van der Waals surface area (Å²) in [6, 6.07) is 20.2. The molecule has 5 nitrogen and oxygen atoms in total. The van der Waals surface area contributed by atoms with Gasteiger partial charge in [0.2, 0.25) is 5.95 Å². The van der Waals surface area contributed by atoms with Crippen LogP contribution in [0, 0.1) is 6.92 Å². The van der Waals surface area contributed by atoms with Gasteiger partial charge in [-0.15, -0.1) is 0 Å². The molecule has 0 saturated carbocycles. The van der Waals surface area contributed by atoms with Gasteiger partial charge in [0.25, 0.3) is 5.91 Å². The molecule has 3 aromatic carbocycles. The van der Waals surface area contributed by atoms with Gasteiger partial charge in [0.05, 0.1) is 11.2 Å². The number of carbonyl (C=O) groups excluding carboxylic acids is 1. The Balaban J connectivity index is 1.71. The second kappa shape index (κ2) is 7.29. The van der Waals surface area contributed by atoms with Crippen molar-refractivity contribution in [2.75, 3.05) is 11.1 Å². The highest BCUT2D eigenvalue weighted by Gasteiger charge is 2.11. The van der Waals surface area contributed by atoms with Crippen LogP contribution in [0.5, 0.6) is 0 Å². The molecule has 6 heteroatoms. The summed E-state index contributed by atoms with van der Waals surface area (Å²) in [5.74, 6) is 0.00571. The van der Waals surface area contributed by atoms with Gasteiger partial charge in [-0.1, -0.05) is 41.4 Å². The third-order valence-electron chi connectivity index (χ3n) is 4.38. The molecule has 0 aliphatic rings. The quantitative estimate of drug-likeness (QED) is 0.512. The number of anilines is 2. The number of nitrogens with two attached hydrogens (primary N) is 1. The molecule has 0 saturated heterocycles. The Morgan fingerprint density at radius 1 is 1.00 bits per heavy atom. The summed E-state index contributed by atoms with van der Waals surface area (Å²) in [4.78, 5) is 21.2. The van der Waals surface area contributed by atoms with Crippen molar-refractivity contribution in [1.82, 2.24) is 9.97 Å². The summed E-state index contributed by atoms with van der Waals surface area (Å²) < 4.78 is 0. The highest BCUT2D eigenvalue weighted by Crippen LogP contribution is 2.30. The average molecular weight is 389 g/mol. The number of hydrogen-bond donors (Lipinski definition) is 2. The number of nitrogens with zero attached hydrogens (tertiary/aromatic N) is 2. The lowest BCUT2D eigenvalue weighted by molar-refractivity contribution is 0.102. The average Bonchev–Trinajstić information content (AvgIpc) is 2.68. The van der Waals surface area contributed by atoms with Gasteiger partial charge in [-0.2, -0.15) is 0 Å². The van der Waals surface area contributed by atoms with E-state index in [0.29, 0.717) is 27.5 Å². The van der Waals surface area contributed by atoms with Crippen molar-refractivity contribution in [3.05, 3.63) is 82.9 Å². The fourth-order valence-electron chi connectivity index (χ4n) is 2.99. The van der Waals surface area contributed by atoms with Crippen LogP contribution in [0.25, 0.3) is 22.2 Å². The van der Waals surface area contributed by atoms with Crippen LogP contribution in [0.4, 0.5) is 11.6 Å². The number of fused-ring (bicyclic) bond motifs is 1. The largest absolute Gasteiger partial charge is 0.368 e. The molecule has 0 aliphatic carbocycles. The number of aromatic nitrogens is 2. The van der Waals surface area contributed by atoms with Crippen molar-refractivity contribution < 1.29 is 4.79 Å². The van der Waals surface area contributed by atoms with Gasteiger partial charge in [-0.05, 0) is 49.4 Å². The molecule has 0 atom stereocenters. The molecule has 1 aromatic heterocycles. The third kappa shape index (κ3) is 3.66. The van der Waals surface area contributed by atoms with Crippen molar-refractivity contribution >= 4 is 40.0 Å². The Morgan fingerprint density at radius 3 is 2.57 bits per heavy atom. The van der Waals surface area contributed by atoms with Gasteiger partial charge in [0.15, 0.2) is 0 Å². The first-order valence-electron chi connectivity index (χ1n) is 8.71. The van der Waals surface area contributed by atoms with Gasteiger partial charge in [-0.25, -0.2) is 9.97 Å². The molecule has 1 heterocycles. The minimum atomic E-state index is -0.174. The highest BCUT2D eigenvalue weighted by atomic mass is 35.5. The monoisotopic (exact) mass is 388 g/mol. The normalized spacial score (nSPS) is 10.8. The third-order valence-corrected chi connectivity index (χ3v) is 4.62. The number of carbonyl (C=O) groups is 1. The molecule has 138 valence electrons. The first-order chi connectivity index (χ1) is 13.5. The molecule has 28 heavy (non-hydrogen) atoms. The van der Waals surface area contributed by atoms with Crippen LogP contribution in [0.2, 0.25) is 5.02 Å². The van der Waals surface area contributed by atoms with Crippen LogP contribution in [-0.2, 0) is 0 Å².